The lowest BCUT2D eigenvalue weighted by Crippen LogP contribution is -2.06. The monoisotopic (exact) mass is 445 g/mol. The van der Waals surface area contributed by atoms with E-state index in [2.05, 4.69) is 21.2 Å². The van der Waals surface area contributed by atoms with Gasteiger partial charge in [0.25, 0.3) is 0 Å². The Labute approximate surface area is 172 Å². The second-order valence-electron chi connectivity index (χ2n) is 6.05. The summed E-state index contributed by atoms with van der Waals surface area (Å²) in [5.41, 5.74) is 2.76. The lowest BCUT2D eigenvalue weighted by atomic mass is 10.1. The maximum Gasteiger partial charge on any atom is 0.167 e. The van der Waals surface area contributed by atoms with Crippen LogP contribution in [0.25, 0.3) is 0 Å². The lowest BCUT2D eigenvalue weighted by Gasteiger charge is -2.18. The molecule has 0 radical (unpaired) electrons. The average molecular weight is 446 g/mol. The number of anilines is 1. The molecule has 3 rings (SSSR count). The highest BCUT2D eigenvalue weighted by Gasteiger charge is 2.15. The van der Waals surface area contributed by atoms with Crippen LogP contribution in [0, 0.1) is 5.82 Å². The summed E-state index contributed by atoms with van der Waals surface area (Å²) in [6, 6.07) is 17.7. The minimum absolute atomic E-state index is 0.270. The van der Waals surface area contributed by atoms with Crippen molar-refractivity contribution in [2.24, 2.45) is 0 Å². The normalized spacial score (nSPS) is 10.4. The number of nitrogens with one attached hydrogen (secondary N) is 1. The SMILES string of the molecule is COc1ccc(NCc2c(Br)ccc(OC)c2OCc2ccc(F)cc2)cc1. The Balaban J connectivity index is 1.79. The molecule has 0 aliphatic heterocycles. The zero-order valence-corrected chi connectivity index (χ0v) is 17.3. The number of halogens is 2. The van der Waals surface area contributed by atoms with Crippen LogP contribution in [-0.4, -0.2) is 14.2 Å². The third-order valence-electron chi connectivity index (χ3n) is 4.24. The molecule has 0 aromatic heterocycles. The van der Waals surface area contributed by atoms with Gasteiger partial charge in [-0.15, -0.1) is 0 Å². The quantitative estimate of drug-likeness (QED) is 0.475. The highest BCUT2D eigenvalue weighted by Crippen LogP contribution is 2.37. The van der Waals surface area contributed by atoms with Crippen molar-refractivity contribution in [1.29, 1.82) is 0 Å². The average Bonchev–Trinajstić information content (AvgIpc) is 2.73. The van der Waals surface area contributed by atoms with Crippen LogP contribution in [0.4, 0.5) is 10.1 Å². The fraction of sp³-hybridized carbons (Fsp3) is 0.182. The molecule has 0 aliphatic rings. The Morgan fingerprint density at radius 3 is 2.25 bits per heavy atom. The van der Waals surface area contributed by atoms with Crippen LogP contribution in [0.15, 0.2) is 65.1 Å². The van der Waals surface area contributed by atoms with Gasteiger partial charge in [-0.25, -0.2) is 4.39 Å². The molecule has 0 unspecified atom stereocenters. The molecule has 3 aromatic rings. The number of hydrogen-bond donors (Lipinski definition) is 1. The van der Waals surface area contributed by atoms with Crippen LogP contribution in [0.1, 0.15) is 11.1 Å². The van der Waals surface area contributed by atoms with Gasteiger partial charge in [0.05, 0.1) is 14.2 Å². The highest BCUT2D eigenvalue weighted by molar-refractivity contribution is 9.10. The molecule has 0 spiro atoms. The van der Waals surface area contributed by atoms with Gasteiger partial charge in [-0.1, -0.05) is 28.1 Å². The predicted octanol–water partition coefficient (Wildman–Crippen LogP) is 5.80. The summed E-state index contributed by atoms with van der Waals surface area (Å²) in [5.74, 6) is 1.81. The Hall–Kier alpha value is -2.73. The highest BCUT2D eigenvalue weighted by atomic mass is 79.9. The number of methoxy groups -OCH3 is 2. The van der Waals surface area contributed by atoms with E-state index in [9.17, 15) is 4.39 Å². The van der Waals surface area contributed by atoms with Gasteiger partial charge in [0.1, 0.15) is 18.2 Å². The molecule has 146 valence electrons. The Morgan fingerprint density at radius 2 is 1.61 bits per heavy atom. The van der Waals surface area contributed by atoms with Crippen molar-refractivity contribution in [1.82, 2.24) is 0 Å². The number of ether oxygens (including phenoxy) is 3. The summed E-state index contributed by atoms with van der Waals surface area (Å²) < 4.78 is 30.7. The minimum Gasteiger partial charge on any atom is -0.497 e. The van der Waals surface area contributed by atoms with Gasteiger partial charge in [0.15, 0.2) is 11.5 Å². The van der Waals surface area contributed by atoms with Crippen LogP contribution >= 0.6 is 15.9 Å². The third kappa shape index (κ3) is 4.95. The van der Waals surface area contributed by atoms with E-state index in [1.54, 1.807) is 26.4 Å². The molecule has 3 aromatic carbocycles. The van der Waals surface area contributed by atoms with E-state index in [-0.39, 0.29) is 5.82 Å². The summed E-state index contributed by atoms with van der Waals surface area (Å²) in [6.07, 6.45) is 0. The third-order valence-corrected chi connectivity index (χ3v) is 4.99. The summed E-state index contributed by atoms with van der Waals surface area (Å²) in [5, 5.41) is 3.38. The number of rotatable bonds is 8. The van der Waals surface area contributed by atoms with E-state index in [0.29, 0.717) is 24.7 Å². The molecule has 28 heavy (non-hydrogen) atoms. The van der Waals surface area contributed by atoms with E-state index >= 15 is 0 Å². The summed E-state index contributed by atoms with van der Waals surface area (Å²) in [4.78, 5) is 0. The molecule has 0 bridgehead atoms. The first-order valence-electron chi connectivity index (χ1n) is 8.71. The Bertz CT molecular complexity index is 914. The molecule has 0 saturated heterocycles. The second kappa shape index (κ2) is 9.46. The van der Waals surface area contributed by atoms with E-state index in [0.717, 1.165) is 27.0 Å². The molecular formula is C22H21BrFNO3. The van der Waals surface area contributed by atoms with Crippen molar-refractivity contribution in [2.75, 3.05) is 19.5 Å². The first kappa shape index (κ1) is 20.0. The van der Waals surface area contributed by atoms with Gasteiger partial charge in [-0.05, 0) is 54.1 Å². The van der Waals surface area contributed by atoms with Crippen molar-refractivity contribution in [3.8, 4) is 17.2 Å². The molecule has 6 heteroatoms. The summed E-state index contributed by atoms with van der Waals surface area (Å²) >= 11 is 3.60. The summed E-state index contributed by atoms with van der Waals surface area (Å²) in [7, 11) is 3.25. The van der Waals surface area contributed by atoms with Crippen LogP contribution < -0.4 is 19.5 Å². The molecule has 4 nitrogen and oxygen atoms in total. The standard InChI is InChI=1S/C22H21BrFNO3/c1-26-18-9-7-17(8-10-18)25-13-19-20(23)11-12-21(27-2)22(19)28-14-15-3-5-16(24)6-4-15/h3-12,25H,13-14H2,1-2H3. The van der Waals surface area contributed by atoms with Crippen molar-refractivity contribution in [3.05, 3.63) is 82.1 Å². The van der Waals surface area contributed by atoms with Crippen LogP contribution in [0.2, 0.25) is 0 Å². The molecule has 0 amide bonds. The molecule has 0 fully saturated rings. The molecule has 0 saturated carbocycles. The van der Waals surface area contributed by atoms with Gasteiger partial charge in [0, 0.05) is 22.3 Å². The number of benzene rings is 3. The van der Waals surface area contributed by atoms with Gasteiger partial charge in [-0.2, -0.15) is 0 Å². The number of hydrogen-bond acceptors (Lipinski definition) is 4. The van der Waals surface area contributed by atoms with Crippen LogP contribution in [0.5, 0.6) is 17.2 Å². The van der Waals surface area contributed by atoms with E-state index in [1.165, 1.54) is 12.1 Å². The van der Waals surface area contributed by atoms with E-state index in [4.69, 9.17) is 14.2 Å². The Kier molecular flexibility index (Phi) is 6.76. The second-order valence-corrected chi connectivity index (χ2v) is 6.91. The lowest BCUT2D eigenvalue weighted by molar-refractivity contribution is 0.281. The van der Waals surface area contributed by atoms with Gasteiger partial charge in [0.2, 0.25) is 0 Å². The van der Waals surface area contributed by atoms with Crippen molar-refractivity contribution in [2.45, 2.75) is 13.2 Å². The molecule has 1 N–H and O–H groups in total. The largest absolute Gasteiger partial charge is 0.497 e. The van der Waals surface area contributed by atoms with Gasteiger partial charge in [-0.3, -0.25) is 0 Å². The maximum atomic E-state index is 13.1. The minimum atomic E-state index is -0.270. The first-order chi connectivity index (χ1) is 13.6. The van der Waals surface area contributed by atoms with Crippen molar-refractivity contribution >= 4 is 21.6 Å². The van der Waals surface area contributed by atoms with Crippen LogP contribution in [-0.2, 0) is 13.2 Å². The van der Waals surface area contributed by atoms with E-state index < -0.39 is 0 Å². The summed E-state index contributed by atoms with van der Waals surface area (Å²) in [6.45, 7) is 0.839. The molecule has 0 heterocycles. The van der Waals surface area contributed by atoms with E-state index in [1.807, 2.05) is 36.4 Å². The fourth-order valence-corrected chi connectivity index (χ4v) is 3.15. The molecular weight excluding hydrogens is 425 g/mol. The first-order valence-corrected chi connectivity index (χ1v) is 9.50. The topological polar surface area (TPSA) is 39.7 Å². The van der Waals surface area contributed by atoms with Gasteiger partial charge >= 0.3 is 0 Å². The zero-order valence-electron chi connectivity index (χ0n) is 15.7. The Morgan fingerprint density at radius 1 is 0.893 bits per heavy atom. The van der Waals surface area contributed by atoms with Gasteiger partial charge < -0.3 is 19.5 Å². The molecule has 0 atom stereocenters. The predicted molar refractivity (Wildman–Crippen MR) is 112 cm³/mol. The smallest absolute Gasteiger partial charge is 0.167 e. The fourth-order valence-electron chi connectivity index (χ4n) is 2.70. The molecule has 0 aliphatic carbocycles. The maximum absolute atomic E-state index is 13.1. The van der Waals surface area contributed by atoms with Crippen molar-refractivity contribution < 1.29 is 18.6 Å². The van der Waals surface area contributed by atoms with Crippen LogP contribution in [0.3, 0.4) is 0 Å². The van der Waals surface area contributed by atoms with Crippen molar-refractivity contribution in [3.63, 3.8) is 0 Å². The zero-order chi connectivity index (χ0) is 19.9.